The minimum atomic E-state index is -3.20. The molecule has 0 aromatic rings. The van der Waals surface area contributed by atoms with Crippen LogP contribution in [0.3, 0.4) is 0 Å². The minimum absolute atomic E-state index is 0.149. The van der Waals surface area contributed by atoms with Crippen molar-refractivity contribution in [3.63, 3.8) is 0 Å². The van der Waals surface area contributed by atoms with Crippen LogP contribution in [-0.4, -0.2) is 31.9 Å². The average molecular weight is 235 g/mol. The molecule has 1 atom stereocenters. The molecule has 0 aromatic heterocycles. The fourth-order valence-corrected chi connectivity index (χ4v) is 3.79. The summed E-state index contributed by atoms with van der Waals surface area (Å²) in [6.45, 7) is 1.52. The summed E-state index contributed by atoms with van der Waals surface area (Å²) in [6.07, 6.45) is 5.57. The molecule has 1 aliphatic rings. The normalized spacial score (nSPS) is 21.5. The molecule has 1 aliphatic carbocycles. The maximum atomic E-state index is 11.6. The SMILES string of the molecule is C[C@H](CO)NS(=O)(=O)CC1CCCCC1. The number of sulfonamides is 1. The van der Waals surface area contributed by atoms with Crippen molar-refractivity contribution in [3.05, 3.63) is 0 Å². The maximum Gasteiger partial charge on any atom is 0.212 e. The topological polar surface area (TPSA) is 66.4 Å². The monoisotopic (exact) mass is 235 g/mol. The van der Waals surface area contributed by atoms with E-state index < -0.39 is 10.0 Å². The van der Waals surface area contributed by atoms with E-state index in [9.17, 15) is 8.42 Å². The molecule has 15 heavy (non-hydrogen) atoms. The molecule has 0 unspecified atom stereocenters. The molecule has 0 amide bonds. The first-order valence-electron chi connectivity index (χ1n) is 5.64. The van der Waals surface area contributed by atoms with Gasteiger partial charge in [-0.05, 0) is 25.7 Å². The summed E-state index contributed by atoms with van der Waals surface area (Å²) in [5.41, 5.74) is 0. The first-order chi connectivity index (χ1) is 7.03. The Morgan fingerprint density at radius 2 is 1.93 bits per heavy atom. The maximum absolute atomic E-state index is 11.6. The second-order valence-corrected chi connectivity index (χ2v) is 6.29. The molecule has 0 aromatic carbocycles. The van der Waals surface area contributed by atoms with Crippen molar-refractivity contribution in [3.8, 4) is 0 Å². The van der Waals surface area contributed by atoms with Crippen molar-refractivity contribution in [2.75, 3.05) is 12.4 Å². The van der Waals surface area contributed by atoms with Crippen LogP contribution in [0.15, 0.2) is 0 Å². The van der Waals surface area contributed by atoms with E-state index >= 15 is 0 Å². The van der Waals surface area contributed by atoms with Gasteiger partial charge in [-0.3, -0.25) is 0 Å². The van der Waals surface area contributed by atoms with Gasteiger partial charge in [0.05, 0.1) is 12.4 Å². The van der Waals surface area contributed by atoms with Gasteiger partial charge in [0.1, 0.15) is 0 Å². The van der Waals surface area contributed by atoms with Gasteiger partial charge in [0, 0.05) is 6.04 Å². The molecular formula is C10H21NO3S. The highest BCUT2D eigenvalue weighted by molar-refractivity contribution is 7.89. The average Bonchev–Trinajstić information content (AvgIpc) is 2.17. The summed E-state index contributed by atoms with van der Waals surface area (Å²) in [6, 6.07) is -0.376. The van der Waals surface area contributed by atoms with Crippen LogP contribution in [0.2, 0.25) is 0 Å². The Morgan fingerprint density at radius 1 is 1.33 bits per heavy atom. The zero-order chi connectivity index (χ0) is 11.3. The predicted molar refractivity (Wildman–Crippen MR) is 60.0 cm³/mol. The standard InChI is InChI=1S/C10H21NO3S/c1-9(7-12)11-15(13,14)8-10-5-3-2-4-6-10/h9-12H,2-8H2,1H3/t9-/m1/s1. The van der Waals surface area contributed by atoms with Gasteiger partial charge in [0.15, 0.2) is 0 Å². The van der Waals surface area contributed by atoms with Gasteiger partial charge in [-0.15, -0.1) is 0 Å². The molecule has 1 rings (SSSR count). The van der Waals surface area contributed by atoms with Crippen LogP contribution < -0.4 is 4.72 Å². The molecule has 0 heterocycles. The molecule has 90 valence electrons. The lowest BCUT2D eigenvalue weighted by atomic mass is 9.91. The lowest BCUT2D eigenvalue weighted by Gasteiger charge is -2.22. The Bertz CT molecular complexity index is 270. The lowest BCUT2D eigenvalue weighted by molar-refractivity contribution is 0.264. The second kappa shape index (κ2) is 5.82. The van der Waals surface area contributed by atoms with Crippen molar-refractivity contribution in [1.29, 1.82) is 0 Å². The molecule has 0 radical (unpaired) electrons. The first-order valence-corrected chi connectivity index (χ1v) is 7.29. The van der Waals surface area contributed by atoms with E-state index in [1.165, 1.54) is 6.42 Å². The zero-order valence-electron chi connectivity index (χ0n) is 9.28. The van der Waals surface area contributed by atoms with E-state index in [0.717, 1.165) is 25.7 Å². The Balaban J connectivity index is 2.40. The summed E-state index contributed by atoms with van der Waals surface area (Å²) in [5, 5.41) is 8.78. The quantitative estimate of drug-likeness (QED) is 0.743. The van der Waals surface area contributed by atoms with E-state index in [2.05, 4.69) is 4.72 Å². The summed E-state index contributed by atoms with van der Waals surface area (Å²) in [7, 11) is -3.20. The number of hydrogen-bond donors (Lipinski definition) is 2. The number of rotatable bonds is 5. The first kappa shape index (κ1) is 12.9. The van der Waals surface area contributed by atoms with Crippen molar-refractivity contribution in [2.45, 2.75) is 45.1 Å². The highest BCUT2D eigenvalue weighted by Crippen LogP contribution is 2.24. The third-order valence-corrected chi connectivity index (χ3v) is 4.51. The Kier molecular flexibility index (Phi) is 5.02. The molecule has 1 fully saturated rings. The lowest BCUT2D eigenvalue weighted by Crippen LogP contribution is -2.38. The Labute approximate surface area is 92.1 Å². The molecule has 4 nitrogen and oxygen atoms in total. The van der Waals surface area contributed by atoms with E-state index in [-0.39, 0.29) is 18.4 Å². The van der Waals surface area contributed by atoms with Crippen LogP contribution in [0.25, 0.3) is 0 Å². The van der Waals surface area contributed by atoms with Gasteiger partial charge in [0.2, 0.25) is 10.0 Å². The van der Waals surface area contributed by atoms with Crippen molar-refractivity contribution < 1.29 is 13.5 Å². The Hall–Kier alpha value is -0.130. The van der Waals surface area contributed by atoms with Gasteiger partial charge in [0.25, 0.3) is 0 Å². The second-order valence-electron chi connectivity index (χ2n) is 4.49. The third kappa shape index (κ3) is 4.95. The molecular weight excluding hydrogens is 214 g/mol. The van der Waals surface area contributed by atoms with Gasteiger partial charge >= 0.3 is 0 Å². The van der Waals surface area contributed by atoms with E-state index in [0.29, 0.717) is 5.92 Å². The van der Waals surface area contributed by atoms with Gasteiger partial charge in [-0.2, -0.15) is 0 Å². The zero-order valence-corrected chi connectivity index (χ0v) is 10.1. The van der Waals surface area contributed by atoms with Crippen molar-refractivity contribution >= 4 is 10.0 Å². The van der Waals surface area contributed by atoms with Crippen LogP contribution in [0, 0.1) is 5.92 Å². The van der Waals surface area contributed by atoms with Crippen LogP contribution >= 0.6 is 0 Å². The largest absolute Gasteiger partial charge is 0.395 e. The van der Waals surface area contributed by atoms with Crippen LogP contribution in [0.5, 0.6) is 0 Å². The van der Waals surface area contributed by atoms with Crippen LogP contribution in [0.4, 0.5) is 0 Å². The summed E-state index contributed by atoms with van der Waals surface area (Å²) < 4.78 is 25.8. The number of nitrogens with one attached hydrogen (secondary N) is 1. The highest BCUT2D eigenvalue weighted by Gasteiger charge is 2.22. The van der Waals surface area contributed by atoms with Crippen molar-refractivity contribution in [2.24, 2.45) is 5.92 Å². The van der Waals surface area contributed by atoms with Gasteiger partial charge in [-0.25, -0.2) is 13.1 Å². The molecule has 0 spiro atoms. The summed E-state index contributed by atoms with van der Waals surface area (Å²) >= 11 is 0. The minimum Gasteiger partial charge on any atom is -0.395 e. The summed E-state index contributed by atoms with van der Waals surface area (Å²) in [5.74, 6) is 0.527. The fraction of sp³-hybridized carbons (Fsp3) is 1.00. The fourth-order valence-electron chi connectivity index (χ4n) is 2.06. The van der Waals surface area contributed by atoms with Crippen LogP contribution in [-0.2, 0) is 10.0 Å². The number of aliphatic hydroxyl groups is 1. The summed E-state index contributed by atoms with van der Waals surface area (Å²) in [4.78, 5) is 0. The molecule has 2 N–H and O–H groups in total. The predicted octanol–water partition coefficient (Wildman–Crippen LogP) is 0.867. The van der Waals surface area contributed by atoms with E-state index in [1.807, 2.05) is 0 Å². The van der Waals surface area contributed by atoms with E-state index in [1.54, 1.807) is 6.92 Å². The molecule has 0 saturated heterocycles. The molecule has 0 bridgehead atoms. The van der Waals surface area contributed by atoms with Crippen LogP contribution in [0.1, 0.15) is 39.0 Å². The number of hydrogen-bond acceptors (Lipinski definition) is 3. The highest BCUT2D eigenvalue weighted by atomic mass is 32.2. The van der Waals surface area contributed by atoms with Crippen molar-refractivity contribution in [1.82, 2.24) is 4.72 Å². The van der Waals surface area contributed by atoms with Gasteiger partial charge in [-0.1, -0.05) is 19.3 Å². The number of aliphatic hydroxyl groups excluding tert-OH is 1. The Morgan fingerprint density at radius 3 is 2.47 bits per heavy atom. The third-order valence-electron chi connectivity index (χ3n) is 2.83. The molecule has 0 aliphatic heterocycles. The van der Waals surface area contributed by atoms with E-state index in [4.69, 9.17) is 5.11 Å². The molecule has 1 saturated carbocycles. The smallest absolute Gasteiger partial charge is 0.212 e. The van der Waals surface area contributed by atoms with Gasteiger partial charge < -0.3 is 5.11 Å². The molecule has 5 heteroatoms.